The molecule has 2 heterocycles. The lowest BCUT2D eigenvalue weighted by molar-refractivity contribution is -0.0278. The zero-order valence-electron chi connectivity index (χ0n) is 15.1. The number of rotatable bonds is 4. The maximum Gasteiger partial charge on any atom is 0.231 e. The molecule has 0 aliphatic carbocycles. The summed E-state index contributed by atoms with van der Waals surface area (Å²) in [5.74, 6) is 1.92. The summed E-state index contributed by atoms with van der Waals surface area (Å²) in [7, 11) is 1.64. The van der Waals surface area contributed by atoms with Crippen LogP contribution < -0.4 is 14.2 Å². The van der Waals surface area contributed by atoms with Gasteiger partial charge in [-0.1, -0.05) is 12.1 Å². The summed E-state index contributed by atoms with van der Waals surface area (Å²) < 4.78 is 29.5. The number of piperidine rings is 1. The van der Waals surface area contributed by atoms with E-state index < -0.39 is 5.60 Å². The molecule has 1 saturated heterocycles. The molecular formula is C20H23ClFNO4. The summed E-state index contributed by atoms with van der Waals surface area (Å²) in [5, 5.41) is 10.9. The van der Waals surface area contributed by atoms with Gasteiger partial charge in [-0.15, -0.1) is 12.4 Å². The fourth-order valence-electron chi connectivity index (χ4n) is 3.65. The Bertz CT molecular complexity index is 791. The Morgan fingerprint density at radius 1 is 1.11 bits per heavy atom. The average Bonchev–Trinajstić information content (AvgIpc) is 3.11. The van der Waals surface area contributed by atoms with Gasteiger partial charge in [0, 0.05) is 31.3 Å². The van der Waals surface area contributed by atoms with Crippen LogP contribution in [0.1, 0.15) is 24.0 Å². The van der Waals surface area contributed by atoms with Crippen molar-refractivity contribution in [3.8, 4) is 17.2 Å². The smallest absolute Gasteiger partial charge is 0.231 e. The summed E-state index contributed by atoms with van der Waals surface area (Å²) in [5.41, 5.74) is 0.909. The van der Waals surface area contributed by atoms with Gasteiger partial charge in [0.2, 0.25) is 6.79 Å². The fraction of sp³-hybridized carbons (Fsp3) is 0.400. The van der Waals surface area contributed by atoms with E-state index >= 15 is 0 Å². The molecule has 2 aromatic carbocycles. The molecule has 5 nitrogen and oxygen atoms in total. The SMILES string of the molecule is COc1cc2c(cc1CN1CCC(O)(c3ccc(F)cc3)CC1)OCO2.Cl. The van der Waals surface area contributed by atoms with Crippen LogP contribution in [0.2, 0.25) is 0 Å². The van der Waals surface area contributed by atoms with Crippen molar-refractivity contribution in [2.45, 2.75) is 25.0 Å². The van der Waals surface area contributed by atoms with E-state index in [0.717, 1.165) is 35.7 Å². The molecule has 1 N–H and O–H groups in total. The molecule has 2 aliphatic rings. The summed E-state index contributed by atoms with van der Waals surface area (Å²) in [4.78, 5) is 2.28. The number of nitrogens with zero attached hydrogens (tertiary/aromatic N) is 1. The Kier molecular flexibility index (Phi) is 5.79. The Morgan fingerprint density at radius 2 is 1.74 bits per heavy atom. The fourth-order valence-corrected chi connectivity index (χ4v) is 3.65. The quantitative estimate of drug-likeness (QED) is 0.859. The van der Waals surface area contributed by atoms with E-state index in [-0.39, 0.29) is 25.0 Å². The number of methoxy groups -OCH3 is 1. The monoisotopic (exact) mass is 395 g/mol. The number of likely N-dealkylation sites (tertiary alicyclic amines) is 1. The van der Waals surface area contributed by atoms with Crippen molar-refractivity contribution in [2.24, 2.45) is 0 Å². The van der Waals surface area contributed by atoms with E-state index in [9.17, 15) is 9.50 Å². The van der Waals surface area contributed by atoms with Crippen molar-refractivity contribution in [1.29, 1.82) is 0 Å². The molecule has 0 aromatic heterocycles. The Morgan fingerprint density at radius 3 is 2.37 bits per heavy atom. The second-order valence-electron chi connectivity index (χ2n) is 6.83. The number of hydrogen-bond donors (Lipinski definition) is 1. The van der Waals surface area contributed by atoms with Gasteiger partial charge in [-0.05, 0) is 36.6 Å². The molecule has 0 radical (unpaired) electrons. The maximum absolute atomic E-state index is 13.1. The topological polar surface area (TPSA) is 51.2 Å². The number of fused-ring (bicyclic) bond motifs is 1. The number of hydrogen-bond acceptors (Lipinski definition) is 5. The van der Waals surface area contributed by atoms with Gasteiger partial charge in [-0.3, -0.25) is 4.90 Å². The lowest BCUT2D eigenvalue weighted by Gasteiger charge is -2.38. The number of benzene rings is 2. The average molecular weight is 396 g/mol. The predicted molar refractivity (Wildman–Crippen MR) is 101 cm³/mol. The van der Waals surface area contributed by atoms with Crippen LogP contribution in [0, 0.1) is 5.82 Å². The van der Waals surface area contributed by atoms with Crippen LogP contribution in [0.15, 0.2) is 36.4 Å². The van der Waals surface area contributed by atoms with Crippen molar-refractivity contribution in [2.75, 3.05) is 27.0 Å². The zero-order valence-corrected chi connectivity index (χ0v) is 15.9. The second-order valence-corrected chi connectivity index (χ2v) is 6.83. The van der Waals surface area contributed by atoms with Gasteiger partial charge in [0.1, 0.15) is 11.6 Å². The Labute approximate surface area is 164 Å². The van der Waals surface area contributed by atoms with Crippen LogP contribution in [0.5, 0.6) is 17.2 Å². The third-order valence-corrected chi connectivity index (χ3v) is 5.23. The summed E-state index contributed by atoms with van der Waals surface area (Å²) in [6.45, 7) is 2.42. The Balaban J connectivity index is 0.00000210. The van der Waals surface area contributed by atoms with Crippen LogP contribution >= 0.6 is 12.4 Å². The molecule has 2 aliphatic heterocycles. The largest absolute Gasteiger partial charge is 0.496 e. The standard InChI is InChI=1S/C20H22FNO4.ClH/c1-24-17-11-19-18(25-13-26-19)10-14(17)12-22-8-6-20(23,7-9-22)15-2-4-16(21)5-3-15;/h2-5,10-11,23H,6-9,12-13H2,1H3;1H. The molecule has 27 heavy (non-hydrogen) atoms. The minimum absolute atomic E-state index is 0. The van der Waals surface area contributed by atoms with Crippen molar-refractivity contribution < 1.29 is 23.7 Å². The van der Waals surface area contributed by atoms with Gasteiger partial charge in [0.25, 0.3) is 0 Å². The number of aliphatic hydroxyl groups is 1. The van der Waals surface area contributed by atoms with Gasteiger partial charge in [0.05, 0.1) is 12.7 Å². The third kappa shape index (κ3) is 3.98. The van der Waals surface area contributed by atoms with Crippen LogP contribution in [-0.4, -0.2) is 37.0 Å². The first-order valence-electron chi connectivity index (χ1n) is 8.75. The minimum Gasteiger partial charge on any atom is -0.496 e. The minimum atomic E-state index is -0.900. The highest BCUT2D eigenvalue weighted by molar-refractivity contribution is 5.85. The zero-order chi connectivity index (χ0) is 18.1. The van der Waals surface area contributed by atoms with Gasteiger partial charge in [-0.25, -0.2) is 4.39 Å². The van der Waals surface area contributed by atoms with Crippen molar-refractivity contribution >= 4 is 12.4 Å². The Hall–Kier alpha value is -2.02. The first-order chi connectivity index (χ1) is 12.6. The van der Waals surface area contributed by atoms with Crippen LogP contribution in [0.4, 0.5) is 4.39 Å². The van der Waals surface area contributed by atoms with E-state index in [1.165, 1.54) is 12.1 Å². The lowest BCUT2D eigenvalue weighted by Crippen LogP contribution is -2.42. The molecule has 2 aromatic rings. The molecule has 4 rings (SSSR count). The highest BCUT2D eigenvalue weighted by atomic mass is 35.5. The second kappa shape index (κ2) is 7.92. The molecule has 0 amide bonds. The highest BCUT2D eigenvalue weighted by Crippen LogP contribution is 2.39. The molecule has 0 saturated carbocycles. The molecule has 0 atom stereocenters. The number of ether oxygens (including phenoxy) is 3. The molecule has 0 bridgehead atoms. The highest BCUT2D eigenvalue weighted by Gasteiger charge is 2.34. The molecule has 0 unspecified atom stereocenters. The molecule has 146 valence electrons. The van der Waals surface area contributed by atoms with Gasteiger partial charge in [-0.2, -0.15) is 0 Å². The molecule has 7 heteroatoms. The van der Waals surface area contributed by atoms with Crippen molar-refractivity contribution in [1.82, 2.24) is 4.90 Å². The van der Waals surface area contributed by atoms with Gasteiger partial charge >= 0.3 is 0 Å². The molecule has 0 spiro atoms. The summed E-state index contributed by atoms with van der Waals surface area (Å²) >= 11 is 0. The summed E-state index contributed by atoms with van der Waals surface area (Å²) in [6.07, 6.45) is 1.21. The van der Waals surface area contributed by atoms with Crippen molar-refractivity contribution in [3.05, 3.63) is 53.3 Å². The first kappa shape index (κ1) is 19.7. The maximum atomic E-state index is 13.1. The lowest BCUT2D eigenvalue weighted by atomic mass is 9.84. The van der Waals surface area contributed by atoms with E-state index in [2.05, 4.69) is 4.90 Å². The van der Waals surface area contributed by atoms with Crippen molar-refractivity contribution in [3.63, 3.8) is 0 Å². The normalized spacial score (nSPS) is 18.0. The van der Waals surface area contributed by atoms with Gasteiger partial charge < -0.3 is 19.3 Å². The van der Waals surface area contributed by atoms with E-state index in [1.54, 1.807) is 19.2 Å². The first-order valence-corrected chi connectivity index (χ1v) is 8.75. The van der Waals surface area contributed by atoms with Crippen LogP contribution in [-0.2, 0) is 12.1 Å². The van der Waals surface area contributed by atoms with Gasteiger partial charge in [0.15, 0.2) is 11.5 Å². The molecular weight excluding hydrogens is 373 g/mol. The van der Waals surface area contributed by atoms with E-state index in [4.69, 9.17) is 14.2 Å². The summed E-state index contributed by atoms with van der Waals surface area (Å²) in [6, 6.07) is 9.96. The van der Waals surface area contributed by atoms with E-state index in [1.807, 2.05) is 12.1 Å². The van der Waals surface area contributed by atoms with E-state index in [0.29, 0.717) is 25.1 Å². The predicted octanol–water partition coefficient (Wildman–Crippen LogP) is 3.47. The van der Waals surface area contributed by atoms with Crippen LogP contribution in [0.25, 0.3) is 0 Å². The third-order valence-electron chi connectivity index (χ3n) is 5.23. The van der Waals surface area contributed by atoms with Crippen LogP contribution in [0.3, 0.4) is 0 Å². The molecule has 1 fully saturated rings. The number of halogens is 2.